The minimum Gasteiger partial charge on any atom is -0.462 e. The molecule has 0 saturated heterocycles. The standard InChI is InChI=1S/C21H30N2O4S/c1-2-3-4-8-12-23-15-18(19(24)22-21(23)26)20(25)27-13-9-6-5-7-10-17-11-14-28-16-17/h11,14-16H,2-10,12-13H2,1H3,(H,22,24,26). The van der Waals surface area contributed by atoms with Crippen molar-refractivity contribution in [1.29, 1.82) is 0 Å². The number of carbonyl (C=O) groups is 1. The van der Waals surface area contributed by atoms with E-state index in [0.29, 0.717) is 6.54 Å². The van der Waals surface area contributed by atoms with Crippen LogP contribution in [0.4, 0.5) is 0 Å². The fraction of sp³-hybridized carbons (Fsp3) is 0.571. The Morgan fingerprint density at radius 2 is 1.89 bits per heavy atom. The van der Waals surface area contributed by atoms with Gasteiger partial charge in [-0.1, -0.05) is 39.0 Å². The Kier molecular flexibility index (Phi) is 9.76. The molecule has 154 valence electrons. The number of ether oxygens (including phenoxy) is 1. The van der Waals surface area contributed by atoms with Crippen LogP contribution in [0.5, 0.6) is 0 Å². The maximum absolute atomic E-state index is 12.2. The van der Waals surface area contributed by atoms with Gasteiger partial charge in [0.05, 0.1) is 6.61 Å². The van der Waals surface area contributed by atoms with Crippen LogP contribution in [0.25, 0.3) is 0 Å². The predicted octanol–water partition coefficient (Wildman–Crippen LogP) is 4.14. The zero-order valence-corrected chi connectivity index (χ0v) is 17.4. The Hall–Kier alpha value is -2.15. The fourth-order valence-corrected chi connectivity index (χ4v) is 3.70. The molecule has 0 aromatic carbocycles. The quantitative estimate of drug-likeness (QED) is 0.400. The van der Waals surface area contributed by atoms with E-state index < -0.39 is 17.2 Å². The van der Waals surface area contributed by atoms with E-state index in [1.54, 1.807) is 11.3 Å². The van der Waals surface area contributed by atoms with Crippen molar-refractivity contribution in [3.05, 3.63) is 55.0 Å². The molecule has 0 amide bonds. The number of carbonyl (C=O) groups excluding carboxylic acids is 1. The first kappa shape index (κ1) is 22.1. The van der Waals surface area contributed by atoms with Gasteiger partial charge in [0.2, 0.25) is 0 Å². The summed E-state index contributed by atoms with van der Waals surface area (Å²) in [5.74, 6) is -0.665. The lowest BCUT2D eigenvalue weighted by Gasteiger charge is -2.08. The number of nitrogens with one attached hydrogen (secondary N) is 1. The highest BCUT2D eigenvalue weighted by Crippen LogP contribution is 2.11. The number of rotatable bonds is 13. The van der Waals surface area contributed by atoms with Crippen molar-refractivity contribution in [3.8, 4) is 0 Å². The lowest BCUT2D eigenvalue weighted by Crippen LogP contribution is -2.34. The average molecular weight is 407 g/mol. The summed E-state index contributed by atoms with van der Waals surface area (Å²) < 4.78 is 6.61. The first-order chi connectivity index (χ1) is 13.6. The van der Waals surface area contributed by atoms with E-state index in [4.69, 9.17) is 4.74 Å². The molecule has 0 radical (unpaired) electrons. The van der Waals surface area contributed by atoms with Crippen molar-refractivity contribution in [2.45, 2.75) is 71.3 Å². The maximum atomic E-state index is 12.2. The van der Waals surface area contributed by atoms with E-state index in [9.17, 15) is 14.4 Å². The van der Waals surface area contributed by atoms with Gasteiger partial charge in [-0.25, -0.2) is 9.59 Å². The fourth-order valence-electron chi connectivity index (χ4n) is 2.99. The molecule has 2 rings (SSSR count). The number of hydrogen-bond acceptors (Lipinski definition) is 5. The number of aromatic nitrogens is 2. The Balaban J connectivity index is 1.73. The molecule has 0 saturated carbocycles. The third-order valence-electron chi connectivity index (χ3n) is 4.66. The number of esters is 1. The number of thiophene rings is 1. The second-order valence-electron chi connectivity index (χ2n) is 6.99. The topological polar surface area (TPSA) is 81.2 Å². The summed E-state index contributed by atoms with van der Waals surface area (Å²) in [5, 5.41) is 4.26. The van der Waals surface area contributed by atoms with Crippen LogP contribution < -0.4 is 11.2 Å². The zero-order valence-electron chi connectivity index (χ0n) is 16.6. The highest BCUT2D eigenvalue weighted by molar-refractivity contribution is 7.07. The van der Waals surface area contributed by atoms with E-state index in [2.05, 4.69) is 28.7 Å². The van der Waals surface area contributed by atoms with E-state index in [-0.39, 0.29) is 12.2 Å². The summed E-state index contributed by atoms with van der Waals surface area (Å²) in [4.78, 5) is 38.2. The van der Waals surface area contributed by atoms with Crippen molar-refractivity contribution in [2.24, 2.45) is 0 Å². The molecule has 1 N–H and O–H groups in total. The van der Waals surface area contributed by atoms with E-state index >= 15 is 0 Å². The summed E-state index contributed by atoms with van der Waals surface area (Å²) in [5.41, 5.74) is 0.104. The monoisotopic (exact) mass is 406 g/mol. The molecular weight excluding hydrogens is 376 g/mol. The Bertz CT molecular complexity index is 824. The van der Waals surface area contributed by atoms with Gasteiger partial charge in [0.15, 0.2) is 0 Å². The highest BCUT2D eigenvalue weighted by atomic mass is 32.1. The molecular formula is C21H30N2O4S. The van der Waals surface area contributed by atoms with Crippen LogP contribution >= 0.6 is 11.3 Å². The van der Waals surface area contributed by atoms with E-state index in [1.807, 2.05) is 0 Å². The second-order valence-corrected chi connectivity index (χ2v) is 7.77. The van der Waals surface area contributed by atoms with Crippen LogP contribution in [0.2, 0.25) is 0 Å². The number of hydrogen-bond donors (Lipinski definition) is 1. The summed E-state index contributed by atoms with van der Waals surface area (Å²) in [7, 11) is 0. The first-order valence-corrected chi connectivity index (χ1v) is 11.1. The van der Waals surface area contributed by atoms with Gasteiger partial charge >= 0.3 is 11.7 Å². The molecule has 2 aromatic heterocycles. The van der Waals surface area contributed by atoms with E-state index in [1.165, 1.54) is 16.3 Å². The molecule has 0 spiro atoms. The van der Waals surface area contributed by atoms with Crippen LogP contribution in [-0.2, 0) is 17.7 Å². The lowest BCUT2D eigenvalue weighted by atomic mass is 10.1. The van der Waals surface area contributed by atoms with Crippen molar-refractivity contribution in [3.63, 3.8) is 0 Å². The first-order valence-electron chi connectivity index (χ1n) is 10.1. The lowest BCUT2D eigenvalue weighted by molar-refractivity contribution is 0.0494. The Morgan fingerprint density at radius 1 is 1.11 bits per heavy atom. The molecule has 2 heterocycles. The van der Waals surface area contributed by atoms with Crippen molar-refractivity contribution in [2.75, 3.05) is 6.61 Å². The second kappa shape index (κ2) is 12.3. The molecule has 0 aliphatic carbocycles. The van der Waals surface area contributed by atoms with Crippen LogP contribution in [0.3, 0.4) is 0 Å². The minimum atomic E-state index is -0.685. The Labute approximate surface area is 169 Å². The van der Waals surface area contributed by atoms with Crippen LogP contribution in [0.15, 0.2) is 32.6 Å². The SMILES string of the molecule is CCCCCCn1cc(C(=O)OCCCCCCc2ccsc2)c(=O)[nH]c1=O. The molecule has 2 aromatic rings. The molecule has 0 atom stereocenters. The molecule has 28 heavy (non-hydrogen) atoms. The zero-order chi connectivity index (χ0) is 20.2. The van der Waals surface area contributed by atoms with Gasteiger partial charge in [-0.2, -0.15) is 11.3 Å². The van der Waals surface area contributed by atoms with Gasteiger partial charge in [-0.3, -0.25) is 14.3 Å². The van der Waals surface area contributed by atoms with Crippen LogP contribution in [-0.4, -0.2) is 22.1 Å². The van der Waals surface area contributed by atoms with E-state index in [0.717, 1.165) is 57.8 Å². The van der Waals surface area contributed by atoms with Gasteiger partial charge in [0, 0.05) is 12.7 Å². The molecule has 0 unspecified atom stereocenters. The highest BCUT2D eigenvalue weighted by Gasteiger charge is 2.14. The summed E-state index contributed by atoms with van der Waals surface area (Å²) in [6.07, 6.45) is 10.4. The minimum absolute atomic E-state index is 0.104. The average Bonchev–Trinajstić information content (AvgIpc) is 3.19. The summed E-state index contributed by atoms with van der Waals surface area (Å²) >= 11 is 1.71. The molecule has 0 aliphatic heterocycles. The number of aromatic amines is 1. The van der Waals surface area contributed by atoms with Gasteiger partial charge < -0.3 is 4.74 Å². The molecule has 0 aliphatic rings. The van der Waals surface area contributed by atoms with Crippen LogP contribution in [0, 0.1) is 0 Å². The third kappa shape index (κ3) is 7.46. The van der Waals surface area contributed by atoms with Crippen molar-refractivity contribution < 1.29 is 9.53 Å². The number of aryl methyl sites for hydroxylation is 2. The van der Waals surface area contributed by atoms with Gasteiger partial charge in [-0.05, 0) is 48.1 Å². The Morgan fingerprint density at radius 3 is 2.64 bits per heavy atom. The third-order valence-corrected chi connectivity index (χ3v) is 5.39. The largest absolute Gasteiger partial charge is 0.462 e. The number of unbranched alkanes of at least 4 members (excludes halogenated alkanes) is 6. The van der Waals surface area contributed by atoms with Crippen molar-refractivity contribution >= 4 is 17.3 Å². The molecule has 0 fully saturated rings. The maximum Gasteiger partial charge on any atom is 0.345 e. The van der Waals surface area contributed by atoms with Gasteiger partial charge in [0.1, 0.15) is 5.56 Å². The van der Waals surface area contributed by atoms with Crippen molar-refractivity contribution in [1.82, 2.24) is 9.55 Å². The van der Waals surface area contributed by atoms with Gasteiger partial charge in [-0.15, -0.1) is 0 Å². The van der Waals surface area contributed by atoms with Crippen LogP contribution in [0.1, 0.15) is 74.2 Å². The summed E-state index contributed by atoms with van der Waals surface area (Å²) in [6.45, 7) is 2.89. The molecule has 6 nitrogen and oxygen atoms in total. The predicted molar refractivity (Wildman–Crippen MR) is 112 cm³/mol. The van der Waals surface area contributed by atoms with Gasteiger partial charge in [0.25, 0.3) is 5.56 Å². The molecule has 0 bridgehead atoms. The number of nitrogens with zero attached hydrogens (tertiary/aromatic N) is 1. The number of H-pyrrole nitrogens is 1. The summed E-state index contributed by atoms with van der Waals surface area (Å²) in [6, 6.07) is 2.15. The normalized spacial score (nSPS) is 10.9. The molecule has 7 heteroatoms. The smallest absolute Gasteiger partial charge is 0.345 e.